The van der Waals surface area contributed by atoms with Crippen LogP contribution in [0.3, 0.4) is 0 Å². The van der Waals surface area contributed by atoms with Crippen molar-refractivity contribution < 1.29 is 4.79 Å². The number of hydrogen-bond donors (Lipinski definition) is 1. The zero-order valence-corrected chi connectivity index (χ0v) is 13.9. The quantitative estimate of drug-likeness (QED) is 0.774. The molecule has 3 aromatic rings. The summed E-state index contributed by atoms with van der Waals surface area (Å²) < 4.78 is 1.96. The first-order valence-electron chi connectivity index (χ1n) is 7.40. The number of carbonyl (C=O) groups excluding carboxylic acids is 1. The van der Waals surface area contributed by atoms with E-state index in [1.54, 1.807) is 11.3 Å². The number of rotatable bonds is 2. The van der Waals surface area contributed by atoms with Gasteiger partial charge in [0.2, 0.25) is 0 Å². The van der Waals surface area contributed by atoms with Crippen molar-refractivity contribution in [2.45, 2.75) is 19.5 Å². The van der Waals surface area contributed by atoms with Crippen LogP contribution >= 0.6 is 22.9 Å². The summed E-state index contributed by atoms with van der Waals surface area (Å²) in [6, 6.07) is 5.83. The first kappa shape index (κ1) is 14.5. The standard InChI is InChI=1S/C16H15ClN4OS/c17-13-2-1-11-3-4-20(9-12(11)7-13)15(22)18-8-14-10-21-5-6-23-16(21)19-14/h1-2,5-7,10H,3-4,8-9H2,(H,18,22). The molecule has 0 spiro atoms. The lowest BCUT2D eigenvalue weighted by Gasteiger charge is -2.29. The molecule has 0 bridgehead atoms. The van der Waals surface area contributed by atoms with E-state index in [0.29, 0.717) is 18.1 Å². The Labute approximate surface area is 142 Å². The summed E-state index contributed by atoms with van der Waals surface area (Å²) in [7, 11) is 0. The maximum Gasteiger partial charge on any atom is 0.318 e. The Balaban J connectivity index is 1.40. The third-order valence-corrected chi connectivity index (χ3v) is 5.04. The van der Waals surface area contributed by atoms with E-state index in [2.05, 4.69) is 10.3 Å². The van der Waals surface area contributed by atoms with Crippen molar-refractivity contribution in [1.29, 1.82) is 0 Å². The summed E-state index contributed by atoms with van der Waals surface area (Å²) in [4.78, 5) is 19.6. The van der Waals surface area contributed by atoms with Crippen LogP contribution < -0.4 is 5.32 Å². The smallest absolute Gasteiger partial charge is 0.318 e. The Morgan fingerprint density at radius 2 is 2.30 bits per heavy atom. The summed E-state index contributed by atoms with van der Waals surface area (Å²) in [5.74, 6) is 0. The Morgan fingerprint density at radius 1 is 1.39 bits per heavy atom. The molecule has 5 nitrogen and oxygen atoms in total. The van der Waals surface area contributed by atoms with E-state index in [1.807, 2.05) is 45.3 Å². The molecule has 7 heteroatoms. The fraction of sp³-hybridized carbons (Fsp3) is 0.250. The number of carbonyl (C=O) groups is 1. The van der Waals surface area contributed by atoms with Gasteiger partial charge in [0.25, 0.3) is 0 Å². The second kappa shape index (κ2) is 5.86. The average molecular weight is 347 g/mol. The maximum atomic E-state index is 12.4. The lowest BCUT2D eigenvalue weighted by atomic mass is 10.0. The van der Waals surface area contributed by atoms with Crippen LogP contribution in [0, 0.1) is 0 Å². The number of halogens is 1. The van der Waals surface area contributed by atoms with E-state index in [4.69, 9.17) is 11.6 Å². The molecule has 0 saturated carbocycles. The lowest BCUT2D eigenvalue weighted by Crippen LogP contribution is -2.42. The van der Waals surface area contributed by atoms with Gasteiger partial charge in [-0.3, -0.25) is 4.40 Å². The molecule has 2 aromatic heterocycles. The van der Waals surface area contributed by atoms with Crippen LogP contribution in [0.15, 0.2) is 36.0 Å². The number of urea groups is 1. The van der Waals surface area contributed by atoms with Crippen LogP contribution in [0.2, 0.25) is 5.02 Å². The van der Waals surface area contributed by atoms with E-state index in [0.717, 1.165) is 29.2 Å². The second-order valence-electron chi connectivity index (χ2n) is 5.57. The largest absolute Gasteiger partial charge is 0.332 e. The van der Waals surface area contributed by atoms with Gasteiger partial charge in [-0.1, -0.05) is 17.7 Å². The van der Waals surface area contributed by atoms with Gasteiger partial charge in [-0.05, 0) is 29.7 Å². The average Bonchev–Trinajstić information content (AvgIpc) is 3.13. The van der Waals surface area contributed by atoms with Gasteiger partial charge in [0.1, 0.15) is 0 Å². The number of aromatic nitrogens is 2. The molecular weight excluding hydrogens is 332 g/mol. The van der Waals surface area contributed by atoms with Crippen molar-refractivity contribution in [1.82, 2.24) is 19.6 Å². The van der Waals surface area contributed by atoms with Crippen LogP contribution in [-0.4, -0.2) is 26.9 Å². The van der Waals surface area contributed by atoms with E-state index < -0.39 is 0 Å². The zero-order valence-electron chi connectivity index (χ0n) is 12.3. The highest BCUT2D eigenvalue weighted by atomic mass is 35.5. The maximum absolute atomic E-state index is 12.4. The Bertz CT molecular complexity index is 843. The molecule has 3 heterocycles. The van der Waals surface area contributed by atoms with Gasteiger partial charge in [0.05, 0.1) is 12.2 Å². The molecule has 2 amide bonds. The Hall–Kier alpha value is -2.05. The number of imidazole rings is 1. The monoisotopic (exact) mass is 346 g/mol. The number of nitrogens with zero attached hydrogens (tertiary/aromatic N) is 3. The third kappa shape index (κ3) is 2.92. The summed E-state index contributed by atoms with van der Waals surface area (Å²) in [6.07, 6.45) is 4.77. The first-order valence-corrected chi connectivity index (χ1v) is 8.66. The molecule has 0 aliphatic carbocycles. The van der Waals surface area contributed by atoms with Gasteiger partial charge in [-0.2, -0.15) is 0 Å². The normalized spacial score (nSPS) is 14.0. The van der Waals surface area contributed by atoms with Crippen LogP contribution in [0.1, 0.15) is 16.8 Å². The predicted molar refractivity (Wildman–Crippen MR) is 90.9 cm³/mol. The SMILES string of the molecule is O=C(NCc1cn2ccsc2n1)N1CCc2ccc(Cl)cc2C1. The fourth-order valence-electron chi connectivity index (χ4n) is 2.84. The van der Waals surface area contributed by atoms with Crippen molar-refractivity contribution in [2.75, 3.05) is 6.54 Å². The number of amides is 2. The Morgan fingerprint density at radius 3 is 3.17 bits per heavy atom. The van der Waals surface area contributed by atoms with E-state index in [1.165, 1.54) is 5.56 Å². The van der Waals surface area contributed by atoms with Gasteiger partial charge < -0.3 is 10.2 Å². The Kier molecular flexibility index (Phi) is 3.71. The molecule has 0 saturated heterocycles. The molecule has 1 aromatic carbocycles. The van der Waals surface area contributed by atoms with Crippen LogP contribution in [-0.2, 0) is 19.5 Å². The highest BCUT2D eigenvalue weighted by molar-refractivity contribution is 7.15. The molecule has 4 rings (SSSR count). The molecule has 0 fully saturated rings. The molecule has 0 unspecified atom stereocenters. The highest BCUT2D eigenvalue weighted by Gasteiger charge is 2.20. The minimum atomic E-state index is -0.0630. The van der Waals surface area contributed by atoms with E-state index >= 15 is 0 Å². The number of thiazole rings is 1. The highest BCUT2D eigenvalue weighted by Crippen LogP contribution is 2.22. The summed E-state index contributed by atoms with van der Waals surface area (Å²) in [6.45, 7) is 1.75. The summed E-state index contributed by atoms with van der Waals surface area (Å²) >= 11 is 7.62. The topological polar surface area (TPSA) is 49.6 Å². The van der Waals surface area contributed by atoms with Crippen molar-refractivity contribution in [3.8, 4) is 0 Å². The van der Waals surface area contributed by atoms with E-state index in [-0.39, 0.29) is 6.03 Å². The third-order valence-electron chi connectivity index (χ3n) is 4.03. The fourth-order valence-corrected chi connectivity index (χ4v) is 3.75. The minimum absolute atomic E-state index is 0.0630. The second-order valence-corrected chi connectivity index (χ2v) is 6.88. The molecule has 0 radical (unpaired) electrons. The molecule has 23 heavy (non-hydrogen) atoms. The predicted octanol–water partition coefficient (Wildman–Crippen LogP) is 3.32. The number of benzene rings is 1. The van der Waals surface area contributed by atoms with Crippen LogP contribution in [0.25, 0.3) is 4.96 Å². The van der Waals surface area contributed by atoms with Crippen LogP contribution in [0.5, 0.6) is 0 Å². The number of hydrogen-bond acceptors (Lipinski definition) is 3. The minimum Gasteiger partial charge on any atom is -0.332 e. The summed E-state index contributed by atoms with van der Waals surface area (Å²) in [5, 5.41) is 5.65. The van der Waals surface area contributed by atoms with Gasteiger partial charge >= 0.3 is 6.03 Å². The van der Waals surface area contributed by atoms with E-state index in [9.17, 15) is 4.79 Å². The molecule has 1 aliphatic rings. The van der Waals surface area contributed by atoms with Crippen molar-refractivity contribution in [3.05, 3.63) is 57.8 Å². The van der Waals surface area contributed by atoms with Crippen molar-refractivity contribution >= 4 is 33.9 Å². The molecule has 1 N–H and O–H groups in total. The molecule has 118 valence electrons. The lowest BCUT2D eigenvalue weighted by molar-refractivity contribution is 0.192. The molecular formula is C16H15ClN4OS. The number of nitrogens with one attached hydrogen (secondary N) is 1. The van der Waals surface area contributed by atoms with Crippen molar-refractivity contribution in [3.63, 3.8) is 0 Å². The zero-order chi connectivity index (χ0) is 15.8. The number of fused-ring (bicyclic) bond motifs is 2. The van der Waals surface area contributed by atoms with Gasteiger partial charge in [0.15, 0.2) is 4.96 Å². The van der Waals surface area contributed by atoms with Crippen molar-refractivity contribution in [2.24, 2.45) is 0 Å². The van der Waals surface area contributed by atoms with Gasteiger partial charge in [0, 0.05) is 35.9 Å². The molecule has 1 aliphatic heterocycles. The first-order chi connectivity index (χ1) is 11.2. The molecule has 0 atom stereocenters. The van der Waals surface area contributed by atoms with Gasteiger partial charge in [-0.15, -0.1) is 11.3 Å². The van der Waals surface area contributed by atoms with Crippen LogP contribution in [0.4, 0.5) is 4.79 Å². The summed E-state index contributed by atoms with van der Waals surface area (Å²) in [5.41, 5.74) is 3.26. The van der Waals surface area contributed by atoms with Gasteiger partial charge in [-0.25, -0.2) is 9.78 Å².